The predicted octanol–water partition coefficient (Wildman–Crippen LogP) is 3.81. The van der Waals surface area contributed by atoms with E-state index in [9.17, 15) is 0 Å². The number of aryl methyl sites for hydroxylation is 1. The van der Waals surface area contributed by atoms with Gasteiger partial charge in [-0.05, 0) is 35.7 Å². The summed E-state index contributed by atoms with van der Waals surface area (Å²) >= 11 is 0. The fraction of sp³-hybridized carbons (Fsp3) is 0.280. The molecule has 1 fully saturated rings. The van der Waals surface area contributed by atoms with Crippen molar-refractivity contribution in [3.8, 4) is 11.3 Å². The Kier molecular flexibility index (Phi) is 5.89. The van der Waals surface area contributed by atoms with Gasteiger partial charge in [-0.3, -0.25) is 9.98 Å². The van der Waals surface area contributed by atoms with Crippen LogP contribution in [0.5, 0.6) is 0 Å². The van der Waals surface area contributed by atoms with Crippen molar-refractivity contribution in [2.24, 2.45) is 4.99 Å². The lowest BCUT2D eigenvalue weighted by Crippen LogP contribution is -2.36. The zero-order chi connectivity index (χ0) is 21.8. The molecule has 0 N–H and O–H groups in total. The summed E-state index contributed by atoms with van der Waals surface area (Å²) < 4.78 is 7.43. The van der Waals surface area contributed by atoms with Crippen LogP contribution in [0.3, 0.4) is 0 Å². The summed E-state index contributed by atoms with van der Waals surface area (Å²) in [5, 5.41) is 4.81. The molecule has 1 aliphatic heterocycles. The van der Waals surface area contributed by atoms with Gasteiger partial charge in [-0.25, -0.2) is 9.50 Å². The average Bonchev–Trinajstić information content (AvgIpc) is 3.29. The summed E-state index contributed by atoms with van der Waals surface area (Å²) in [5.41, 5.74) is 7.15. The lowest BCUT2D eigenvalue weighted by molar-refractivity contribution is 0.123. The maximum Gasteiger partial charge on any atom is 0.177 e. The summed E-state index contributed by atoms with van der Waals surface area (Å²) in [6, 6.07) is 14.5. The second-order valence-electron chi connectivity index (χ2n) is 7.82. The van der Waals surface area contributed by atoms with Crippen molar-refractivity contribution < 1.29 is 4.74 Å². The number of rotatable bonds is 6. The Labute approximate surface area is 187 Å². The van der Waals surface area contributed by atoms with Crippen LogP contribution in [-0.2, 0) is 17.7 Å². The number of fused-ring (bicyclic) bond motifs is 1. The van der Waals surface area contributed by atoms with Crippen LogP contribution in [0.1, 0.15) is 23.7 Å². The highest BCUT2D eigenvalue weighted by molar-refractivity contribution is 5.80. The van der Waals surface area contributed by atoms with Gasteiger partial charge in [-0.1, -0.05) is 31.2 Å². The molecule has 0 bridgehead atoms. The van der Waals surface area contributed by atoms with Crippen LogP contribution < -0.4 is 4.90 Å². The molecule has 0 unspecified atom stereocenters. The van der Waals surface area contributed by atoms with Crippen molar-refractivity contribution in [1.29, 1.82) is 0 Å². The molecule has 0 aliphatic carbocycles. The van der Waals surface area contributed by atoms with E-state index in [0.717, 1.165) is 53.4 Å². The molecular formula is C25H26N6O. The molecule has 7 nitrogen and oxygen atoms in total. The van der Waals surface area contributed by atoms with Gasteiger partial charge in [0, 0.05) is 37.3 Å². The number of ether oxygens (including phenoxy) is 1. The van der Waals surface area contributed by atoms with Gasteiger partial charge < -0.3 is 9.64 Å². The Hall–Kier alpha value is -3.58. The van der Waals surface area contributed by atoms with E-state index in [-0.39, 0.29) is 0 Å². The number of pyridine rings is 1. The molecule has 0 spiro atoms. The number of hydrogen-bond acceptors (Lipinski definition) is 6. The minimum atomic E-state index is 0.506. The van der Waals surface area contributed by atoms with Crippen LogP contribution in [-0.4, -0.2) is 52.1 Å². The summed E-state index contributed by atoms with van der Waals surface area (Å²) in [7, 11) is 0. The molecule has 5 rings (SSSR count). The molecule has 32 heavy (non-hydrogen) atoms. The summed E-state index contributed by atoms with van der Waals surface area (Å²) in [6.07, 6.45) is 8.48. The molecule has 0 radical (unpaired) electrons. The van der Waals surface area contributed by atoms with Crippen molar-refractivity contribution >= 4 is 17.5 Å². The number of morpholine rings is 1. The normalized spacial score (nSPS) is 14.5. The highest BCUT2D eigenvalue weighted by Crippen LogP contribution is 2.26. The third-order valence-corrected chi connectivity index (χ3v) is 5.64. The van der Waals surface area contributed by atoms with Crippen molar-refractivity contribution in [3.63, 3.8) is 0 Å². The number of aromatic nitrogens is 4. The van der Waals surface area contributed by atoms with Gasteiger partial charge in [0.15, 0.2) is 5.65 Å². The summed E-state index contributed by atoms with van der Waals surface area (Å²) in [6.45, 7) is 5.77. The van der Waals surface area contributed by atoms with E-state index < -0.39 is 0 Å². The van der Waals surface area contributed by atoms with E-state index >= 15 is 0 Å². The first-order chi connectivity index (χ1) is 15.8. The SMILES string of the molecule is CCc1cccc(C=NCc2cc(N3CCOCC3)c3nc(-c4ccncc4)cn3n2)c1. The van der Waals surface area contributed by atoms with Gasteiger partial charge in [0.25, 0.3) is 0 Å². The third kappa shape index (κ3) is 4.38. The fourth-order valence-corrected chi connectivity index (χ4v) is 3.93. The Bertz CT molecular complexity index is 1230. The van der Waals surface area contributed by atoms with Crippen LogP contribution in [0.25, 0.3) is 16.9 Å². The van der Waals surface area contributed by atoms with E-state index in [1.807, 2.05) is 29.1 Å². The van der Waals surface area contributed by atoms with Crippen LogP contribution >= 0.6 is 0 Å². The number of aliphatic imine (C=N–C) groups is 1. The lowest BCUT2D eigenvalue weighted by Gasteiger charge is -2.29. The van der Waals surface area contributed by atoms with Crippen LogP contribution in [0.4, 0.5) is 5.69 Å². The number of imidazole rings is 1. The molecule has 7 heteroatoms. The smallest absolute Gasteiger partial charge is 0.177 e. The van der Waals surface area contributed by atoms with Gasteiger partial charge in [0.1, 0.15) is 0 Å². The molecule has 1 aliphatic rings. The molecule has 4 heterocycles. The molecule has 0 atom stereocenters. The molecule has 3 aromatic heterocycles. The van der Waals surface area contributed by atoms with Crippen molar-refractivity contribution in [2.75, 3.05) is 31.2 Å². The van der Waals surface area contributed by atoms with E-state index in [1.165, 1.54) is 5.56 Å². The minimum Gasteiger partial charge on any atom is -0.378 e. The van der Waals surface area contributed by atoms with Gasteiger partial charge in [0.05, 0.1) is 43.0 Å². The second-order valence-corrected chi connectivity index (χ2v) is 7.82. The van der Waals surface area contributed by atoms with Gasteiger partial charge in [-0.15, -0.1) is 0 Å². The number of nitrogens with zero attached hydrogens (tertiary/aromatic N) is 6. The Morgan fingerprint density at radius 3 is 2.75 bits per heavy atom. The highest BCUT2D eigenvalue weighted by atomic mass is 16.5. The van der Waals surface area contributed by atoms with Crippen molar-refractivity contribution in [3.05, 3.63) is 77.9 Å². The molecule has 162 valence electrons. The van der Waals surface area contributed by atoms with Crippen molar-refractivity contribution in [2.45, 2.75) is 19.9 Å². The van der Waals surface area contributed by atoms with Gasteiger partial charge in [0.2, 0.25) is 0 Å². The van der Waals surface area contributed by atoms with Crippen LogP contribution in [0.2, 0.25) is 0 Å². The van der Waals surface area contributed by atoms with E-state index in [4.69, 9.17) is 14.8 Å². The topological polar surface area (TPSA) is 67.9 Å². The maximum absolute atomic E-state index is 5.56. The molecule has 0 saturated carbocycles. The first-order valence-electron chi connectivity index (χ1n) is 11.0. The van der Waals surface area contributed by atoms with E-state index in [1.54, 1.807) is 12.4 Å². The first-order valence-corrected chi connectivity index (χ1v) is 11.0. The quantitative estimate of drug-likeness (QED) is 0.439. The Morgan fingerprint density at radius 1 is 1.09 bits per heavy atom. The van der Waals surface area contributed by atoms with Crippen LogP contribution in [0.15, 0.2) is 66.0 Å². The number of hydrogen-bond donors (Lipinski definition) is 0. The zero-order valence-electron chi connectivity index (χ0n) is 18.2. The van der Waals surface area contributed by atoms with Gasteiger partial charge in [-0.2, -0.15) is 5.10 Å². The van der Waals surface area contributed by atoms with Crippen molar-refractivity contribution in [1.82, 2.24) is 19.6 Å². The van der Waals surface area contributed by atoms with Gasteiger partial charge >= 0.3 is 0 Å². The minimum absolute atomic E-state index is 0.506. The fourth-order valence-electron chi connectivity index (χ4n) is 3.93. The standard InChI is InChI=1S/C25H26N6O/c1-2-19-4-3-5-20(14-19)16-27-17-22-15-24(30-10-12-32-13-11-30)25-28-23(18-31(25)29-22)21-6-8-26-9-7-21/h3-9,14-16,18H,2,10-13,17H2,1H3. The molecule has 1 saturated heterocycles. The highest BCUT2D eigenvalue weighted by Gasteiger charge is 2.18. The largest absolute Gasteiger partial charge is 0.378 e. The molecule has 1 aromatic carbocycles. The Balaban J connectivity index is 1.48. The van der Waals surface area contributed by atoms with E-state index in [0.29, 0.717) is 19.8 Å². The maximum atomic E-state index is 5.56. The molecule has 0 amide bonds. The predicted molar refractivity (Wildman–Crippen MR) is 126 cm³/mol. The molecular weight excluding hydrogens is 400 g/mol. The lowest BCUT2D eigenvalue weighted by atomic mass is 10.1. The monoisotopic (exact) mass is 426 g/mol. The number of benzene rings is 1. The zero-order valence-corrected chi connectivity index (χ0v) is 18.2. The second kappa shape index (κ2) is 9.28. The molecule has 4 aromatic rings. The summed E-state index contributed by atoms with van der Waals surface area (Å²) in [4.78, 5) is 16.0. The number of anilines is 1. The average molecular weight is 427 g/mol. The summed E-state index contributed by atoms with van der Waals surface area (Å²) in [5.74, 6) is 0. The van der Waals surface area contributed by atoms with Crippen LogP contribution in [0, 0.1) is 0 Å². The Morgan fingerprint density at radius 2 is 1.94 bits per heavy atom. The third-order valence-electron chi connectivity index (χ3n) is 5.64. The van der Waals surface area contributed by atoms with E-state index in [2.05, 4.69) is 52.1 Å². The first kappa shape index (κ1) is 20.3.